The Labute approximate surface area is 295 Å². The van der Waals surface area contributed by atoms with E-state index < -0.39 is 12.1 Å². The number of hydrogen-bond donors (Lipinski definition) is 3. The molecule has 2 unspecified atom stereocenters. The van der Waals surface area contributed by atoms with Gasteiger partial charge in [-0.25, -0.2) is 4.79 Å². The maximum absolute atomic E-state index is 13.0. The third kappa shape index (κ3) is 16.9. The number of amides is 2. The summed E-state index contributed by atoms with van der Waals surface area (Å²) in [6.45, 7) is 10.8. The molecular formula is C38H54N2O6S2. The van der Waals surface area contributed by atoms with Gasteiger partial charge in [0.05, 0.1) is 24.4 Å². The van der Waals surface area contributed by atoms with Gasteiger partial charge in [0, 0.05) is 62.1 Å². The van der Waals surface area contributed by atoms with Crippen LogP contribution < -0.4 is 10.6 Å². The summed E-state index contributed by atoms with van der Waals surface area (Å²) >= 11 is 0. The van der Waals surface area contributed by atoms with Gasteiger partial charge in [0.1, 0.15) is 6.10 Å². The molecule has 0 spiro atoms. The van der Waals surface area contributed by atoms with Crippen molar-refractivity contribution in [2.45, 2.75) is 104 Å². The predicted octanol–water partition coefficient (Wildman–Crippen LogP) is 6.41. The maximum Gasteiger partial charge on any atom is 0.331 e. The van der Waals surface area contributed by atoms with E-state index in [2.05, 4.69) is 42.6 Å². The van der Waals surface area contributed by atoms with Crippen molar-refractivity contribution >= 4 is 39.4 Å². The first kappa shape index (κ1) is 41.2. The summed E-state index contributed by atoms with van der Waals surface area (Å²) in [5.41, 5.74) is 2.30. The van der Waals surface area contributed by atoms with E-state index in [1.165, 1.54) is 11.6 Å². The molecule has 0 bridgehead atoms. The van der Waals surface area contributed by atoms with Crippen molar-refractivity contribution in [3.05, 3.63) is 71.9 Å². The zero-order chi connectivity index (χ0) is 35.3. The molecule has 0 aromatic heterocycles. The van der Waals surface area contributed by atoms with Crippen molar-refractivity contribution < 1.29 is 29.0 Å². The van der Waals surface area contributed by atoms with Crippen LogP contribution in [0.5, 0.6) is 0 Å². The Morgan fingerprint density at radius 3 is 2.69 bits per heavy atom. The normalized spacial score (nSPS) is 24.9. The van der Waals surface area contributed by atoms with Gasteiger partial charge >= 0.3 is 5.97 Å². The van der Waals surface area contributed by atoms with Gasteiger partial charge in [0.15, 0.2) is 0 Å². The van der Waals surface area contributed by atoms with Crippen LogP contribution in [0, 0.1) is 24.2 Å². The lowest BCUT2D eigenvalue weighted by atomic mass is 9.87. The number of hydrogen-bond acceptors (Lipinski definition) is 8. The second kappa shape index (κ2) is 23.4. The predicted molar refractivity (Wildman–Crippen MR) is 199 cm³/mol. The Bertz CT molecular complexity index is 1260. The van der Waals surface area contributed by atoms with Crippen LogP contribution in [0.1, 0.15) is 73.1 Å². The highest BCUT2D eigenvalue weighted by Crippen LogP contribution is 2.29. The molecule has 2 aliphatic heterocycles. The smallest absolute Gasteiger partial charge is 0.331 e. The standard InChI is InChI=1S/C38H54N2O6S2/c1-7-9-16-36(42)39-21-23-48-47-22-20-37(43)40-32(35-26-33(41)30(6)34(46-35)12-8-2)15-10-13-27(3)24-29(5)25-28(4)18-19-31-14-11-17-38(44)45-31/h1,8,10-13,15,17-19,25,29-35,41H,9,14,16,20-24,26H2,2-6H3,(H,39,42)(H,40,43)/b12-8+,15-10+,19-18+,27-13+,28-25-/t29-,30?,31-,32?,33-,34+,35+/m1/s1. The number of cyclic esters (lactones) is 1. The summed E-state index contributed by atoms with van der Waals surface area (Å²) in [7, 11) is 3.21. The fourth-order valence-electron chi connectivity index (χ4n) is 5.37. The second-order valence-corrected chi connectivity index (χ2v) is 15.0. The Balaban J connectivity index is 1.95. The molecule has 7 atom stereocenters. The van der Waals surface area contributed by atoms with E-state index in [4.69, 9.17) is 15.9 Å². The van der Waals surface area contributed by atoms with Gasteiger partial charge in [-0.3, -0.25) is 9.59 Å². The number of terminal acetylenes is 1. The number of nitrogens with one attached hydrogen (secondary N) is 2. The van der Waals surface area contributed by atoms with Crippen LogP contribution in [0.15, 0.2) is 71.9 Å². The van der Waals surface area contributed by atoms with E-state index in [-0.39, 0.29) is 42.0 Å². The average Bonchev–Trinajstić information content (AvgIpc) is 3.04. The van der Waals surface area contributed by atoms with Crippen molar-refractivity contribution in [2.75, 3.05) is 18.1 Å². The molecule has 2 amide bonds. The number of allylic oxidation sites excluding steroid dienone is 7. The summed E-state index contributed by atoms with van der Waals surface area (Å²) < 4.78 is 11.7. The van der Waals surface area contributed by atoms with E-state index in [0.717, 1.165) is 17.7 Å². The van der Waals surface area contributed by atoms with Gasteiger partial charge in [0.25, 0.3) is 0 Å². The van der Waals surface area contributed by atoms with E-state index >= 15 is 0 Å². The molecule has 48 heavy (non-hydrogen) atoms. The zero-order valence-corrected chi connectivity index (χ0v) is 30.7. The number of carbonyl (C=O) groups is 3. The first-order chi connectivity index (χ1) is 23.0. The van der Waals surface area contributed by atoms with Crippen molar-refractivity contribution in [3.8, 4) is 12.3 Å². The van der Waals surface area contributed by atoms with Gasteiger partial charge in [-0.05, 0) is 39.2 Å². The van der Waals surface area contributed by atoms with Gasteiger partial charge < -0.3 is 25.2 Å². The van der Waals surface area contributed by atoms with Crippen molar-refractivity contribution in [1.82, 2.24) is 10.6 Å². The average molecular weight is 699 g/mol. The van der Waals surface area contributed by atoms with E-state index in [1.54, 1.807) is 21.6 Å². The van der Waals surface area contributed by atoms with Crippen molar-refractivity contribution in [1.29, 1.82) is 0 Å². The lowest BCUT2D eigenvalue weighted by Crippen LogP contribution is -2.51. The number of rotatable bonds is 19. The summed E-state index contributed by atoms with van der Waals surface area (Å²) in [6.07, 6.45) is 26.2. The molecule has 2 aliphatic rings. The quantitative estimate of drug-likeness (QED) is 0.0355. The van der Waals surface area contributed by atoms with E-state index in [9.17, 15) is 19.5 Å². The third-order valence-electron chi connectivity index (χ3n) is 7.90. The molecule has 264 valence electrons. The molecule has 8 nitrogen and oxygen atoms in total. The van der Waals surface area contributed by atoms with Crippen LogP contribution in [-0.2, 0) is 23.9 Å². The largest absolute Gasteiger partial charge is 0.455 e. The molecule has 10 heteroatoms. The minimum absolute atomic E-state index is 0.0437. The van der Waals surface area contributed by atoms with Crippen LogP contribution >= 0.6 is 21.6 Å². The molecule has 2 heterocycles. The van der Waals surface area contributed by atoms with Gasteiger partial charge in [-0.2, -0.15) is 0 Å². The molecule has 2 rings (SSSR count). The summed E-state index contributed by atoms with van der Waals surface area (Å²) in [5.74, 6) is 3.65. The highest BCUT2D eigenvalue weighted by atomic mass is 33.1. The lowest BCUT2D eigenvalue weighted by molar-refractivity contribution is -0.141. The van der Waals surface area contributed by atoms with Gasteiger partial charge in [-0.15, -0.1) is 12.3 Å². The first-order valence-electron chi connectivity index (χ1n) is 16.8. The van der Waals surface area contributed by atoms with Gasteiger partial charge in [-0.1, -0.05) is 95.2 Å². The topological polar surface area (TPSA) is 114 Å². The molecule has 0 saturated carbocycles. The number of esters is 1. The molecule has 0 aliphatic carbocycles. The number of aliphatic hydroxyl groups excluding tert-OH is 1. The molecule has 0 radical (unpaired) electrons. The molecule has 0 aromatic carbocycles. The molecule has 0 aromatic rings. The lowest BCUT2D eigenvalue weighted by Gasteiger charge is -2.39. The van der Waals surface area contributed by atoms with Crippen molar-refractivity contribution in [2.24, 2.45) is 11.8 Å². The minimum atomic E-state index is -0.541. The Morgan fingerprint density at radius 2 is 1.96 bits per heavy atom. The highest BCUT2D eigenvalue weighted by molar-refractivity contribution is 8.76. The summed E-state index contributed by atoms with van der Waals surface area (Å²) in [4.78, 5) is 36.1. The first-order valence-corrected chi connectivity index (χ1v) is 19.3. The van der Waals surface area contributed by atoms with Crippen molar-refractivity contribution in [3.63, 3.8) is 0 Å². The zero-order valence-electron chi connectivity index (χ0n) is 29.1. The minimum Gasteiger partial charge on any atom is -0.455 e. The monoisotopic (exact) mass is 698 g/mol. The molecule has 3 N–H and O–H groups in total. The molecule has 1 fully saturated rings. The Hall–Kier alpha value is -2.97. The highest BCUT2D eigenvalue weighted by Gasteiger charge is 2.37. The molecule has 1 saturated heterocycles. The van der Waals surface area contributed by atoms with Crippen LogP contribution in [0.4, 0.5) is 0 Å². The van der Waals surface area contributed by atoms with Gasteiger partial charge in [0.2, 0.25) is 11.8 Å². The van der Waals surface area contributed by atoms with E-state index in [1.807, 2.05) is 63.3 Å². The van der Waals surface area contributed by atoms with Crippen LogP contribution in [-0.4, -0.2) is 71.4 Å². The fourth-order valence-corrected chi connectivity index (χ4v) is 7.26. The van der Waals surface area contributed by atoms with Crippen LogP contribution in [0.25, 0.3) is 0 Å². The summed E-state index contributed by atoms with van der Waals surface area (Å²) in [6, 6.07) is -0.402. The fraction of sp³-hybridized carbons (Fsp3) is 0.553. The second-order valence-electron chi connectivity index (χ2n) is 12.3. The summed E-state index contributed by atoms with van der Waals surface area (Å²) in [5, 5.41) is 16.8. The molecular weight excluding hydrogens is 645 g/mol. The number of carbonyl (C=O) groups excluding carboxylic acids is 3. The Kier molecular flexibility index (Phi) is 20.1. The number of aliphatic hydroxyl groups is 1. The SMILES string of the molecule is C#CCCC(=O)NCCSSCCC(=O)NC(/C=C/C=C(\C)C[C@@H](C)/C=C(C)\C=C\[C@H]1CC=CC(=O)O1)[C@@H]1C[C@@H](O)C(C)[C@H](/C=C/C)O1. The van der Waals surface area contributed by atoms with E-state index in [0.29, 0.717) is 50.3 Å². The van der Waals surface area contributed by atoms with Crippen LogP contribution in [0.2, 0.25) is 0 Å². The van der Waals surface area contributed by atoms with Crippen LogP contribution in [0.3, 0.4) is 0 Å². The maximum atomic E-state index is 13.0. The third-order valence-corrected chi connectivity index (χ3v) is 10.3. The number of ether oxygens (including phenoxy) is 2. The Morgan fingerprint density at radius 1 is 1.19 bits per heavy atom.